The molecule has 1 aromatic carbocycles. The number of rotatable bonds is 3. The summed E-state index contributed by atoms with van der Waals surface area (Å²) in [6, 6.07) is 11.4. The van der Waals surface area contributed by atoms with Crippen molar-refractivity contribution in [1.29, 1.82) is 0 Å². The molecule has 5 nitrogen and oxygen atoms in total. The van der Waals surface area contributed by atoms with E-state index in [1.165, 1.54) is 11.3 Å². The normalized spacial score (nSPS) is 11.0. The Balaban J connectivity index is 2.08. The van der Waals surface area contributed by atoms with Gasteiger partial charge in [0.25, 0.3) is 5.91 Å². The van der Waals surface area contributed by atoms with Crippen LogP contribution in [-0.4, -0.2) is 23.0 Å². The van der Waals surface area contributed by atoms with E-state index in [9.17, 15) is 4.79 Å². The molecule has 0 aliphatic rings. The number of hydrogen-bond donors (Lipinski definition) is 1. The maximum Gasteiger partial charge on any atom is 0.267 e. The second-order valence-corrected chi connectivity index (χ2v) is 6.33. The lowest BCUT2D eigenvalue weighted by Crippen LogP contribution is -2.13. The number of benzene rings is 1. The van der Waals surface area contributed by atoms with E-state index in [1.54, 1.807) is 19.4 Å². The van der Waals surface area contributed by atoms with Crippen molar-refractivity contribution in [2.75, 3.05) is 7.11 Å². The van der Waals surface area contributed by atoms with Crippen LogP contribution >= 0.6 is 11.3 Å². The molecule has 6 heteroatoms. The second kappa shape index (κ2) is 5.58. The topological polar surface area (TPSA) is 78.1 Å². The van der Waals surface area contributed by atoms with Crippen molar-refractivity contribution in [2.45, 2.75) is 0 Å². The Hall–Kier alpha value is -2.99. The third-order valence-corrected chi connectivity index (χ3v) is 4.93. The van der Waals surface area contributed by atoms with Gasteiger partial charge in [-0.1, -0.05) is 12.1 Å². The number of carbonyl (C=O) groups excluding carboxylic acids is 1. The highest BCUT2D eigenvalue weighted by atomic mass is 32.1. The van der Waals surface area contributed by atoms with E-state index in [2.05, 4.69) is 9.97 Å². The Kier molecular flexibility index (Phi) is 3.39. The maximum absolute atomic E-state index is 11.7. The molecule has 3 heterocycles. The zero-order chi connectivity index (χ0) is 16.7. The van der Waals surface area contributed by atoms with E-state index < -0.39 is 5.91 Å². The minimum Gasteiger partial charge on any atom is -0.497 e. The predicted octanol–water partition coefficient (Wildman–Crippen LogP) is 3.62. The van der Waals surface area contributed by atoms with Crippen LogP contribution in [-0.2, 0) is 0 Å². The fourth-order valence-corrected chi connectivity index (χ4v) is 3.82. The number of nitrogens with zero attached hydrogens (tertiary/aromatic N) is 2. The number of methoxy groups -OCH3 is 1. The van der Waals surface area contributed by atoms with Crippen LogP contribution in [0.5, 0.6) is 5.75 Å². The maximum atomic E-state index is 11.7. The number of thiophene rings is 1. The van der Waals surface area contributed by atoms with Gasteiger partial charge in [0.15, 0.2) is 0 Å². The molecule has 1 amide bonds. The van der Waals surface area contributed by atoms with Gasteiger partial charge in [-0.05, 0) is 35.4 Å². The molecule has 24 heavy (non-hydrogen) atoms. The molecular formula is C18H13N3O2S. The second-order valence-electron chi connectivity index (χ2n) is 5.30. The molecule has 0 bridgehead atoms. The largest absolute Gasteiger partial charge is 0.497 e. The molecule has 0 aliphatic heterocycles. The molecule has 0 radical (unpaired) electrons. The molecule has 0 saturated heterocycles. The molecule has 3 aromatic heterocycles. The van der Waals surface area contributed by atoms with Gasteiger partial charge in [-0.2, -0.15) is 0 Å². The smallest absolute Gasteiger partial charge is 0.267 e. The molecule has 4 aromatic rings. The first-order chi connectivity index (χ1) is 11.7. The van der Waals surface area contributed by atoms with Gasteiger partial charge in [0.1, 0.15) is 16.3 Å². The zero-order valence-corrected chi connectivity index (χ0v) is 13.6. The molecule has 0 saturated carbocycles. The third-order valence-electron chi connectivity index (χ3n) is 3.90. The lowest BCUT2D eigenvalue weighted by Gasteiger charge is -2.07. The molecule has 2 N–H and O–H groups in total. The Bertz CT molecular complexity index is 1070. The summed E-state index contributed by atoms with van der Waals surface area (Å²) < 4.78 is 6.24. The molecule has 0 fully saturated rings. The molecule has 0 spiro atoms. The van der Waals surface area contributed by atoms with Crippen molar-refractivity contribution < 1.29 is 9.53 Å². The Labute approximate surface area is 141 Å². The van der Waals surface area contributed by atoms with Crippen LogP contribution in [0, 0.1) is 0 Å². The molecule has 0 aliphatic carbocycles. The number of ether oxygens (including phenoxy) is 1. The highest BCUT2D eigenvalue weighted by Crippen LogP contribution is 2.39. The Morgan fingerprint density at radius 3 is 2.71 bits per heavy atom. The highest BCUT2D eigenvalue weighted by Gasteiger charge is 2.16. The van der Waals surface area contributed by atoms with E-state index in [0.29, 0.717) is 0 Å². The van der Waals surface area contributed by atoms with Gasteiger partial charge < -0.3 is 10.5 Å². The van der Waals surface area contributed by atoms with Crippen molar-refractivity contribution in [3.63, 3.8) is 0 Å². The van der Waals surface area contributed by atoms with Gasteiger partial charge in [0.05, 0.1) is 11.8 Å². The third kappa shape index (κ3) is 2.28. The van der Waals surface area contributed by atoms with Crippen LogP contribution in [0.2, 0.25) is 0 Å². The Morgan fingerprint density at radius 1 is 1.21 bits per heavy atom. The summed E-state index contributed by atoms with van der Waals surface area (Å²) in [5.41, 5.74) is 7.62. The summed E-state index contributed by atoms with van der Waals surface area (Å²) in [5, 5.41) is 2.08. The summed E-state index contributed by atoms with van der Waals surface area (Å²) in [4.78, 5) is 21.0. The summed E-state index contributed by atoms with van der Waals surface area (Å²) in [5.74, 6) is 0.237. The Morgan fingerprint density at radius 2 is 2.00 bits per heavy atom. The molecule has 0 unspecified atom stereocenters. The fraction of sp³-hybridized carbons (Fsp3) is 0.0556. The first kappa shape index (κ1) is 14.6. The van der Waals surface area contributed by atoms with Crippen LogP contribution in [0.15, 0.2) is 48.8 Å². The van der Waals surface area contributed by atoms with E-state index in [-0.39, 0.29) is 5.69 Å². The minimum atomic E-state index is -0.540. The first-order valence-corrected chi connectivity index (χ1v) is 8.10. The van der Waals surface area contributed by atoms with E-state index in [4.69, 9.17) is 10.5 Å². The SMILES string of the molecule is COc1ccc(-c2cc(C(N)=O)nc3sc4cnccc4c23)cc1. The van der Waals surface area contributed by atoms with Gasteiger partial charge in [0, 0.05) is 23.2 Å². The summed E-state index contributed by atoms with van der Waals surface area (Å²) in [6.07, 6.45) is 3.57. The van der Waals surface area contributed by atoms with Crippen LogP contribution in [0.25, 0.3) is 31.4 Å². The van der Waals surface area contributed by atoms with Crippen LogP contribution in [0.4, 0.5) is 0 Å². The number of amides is 1. The standard InChI is InChI=1S/C18H13N3O2S/c1-23-11-4-2-10(3-5-11)13-8-14(17(19)22)21-18-16(13)12-6-7-20-9-15(12)24-18/h2-9H,1H3,(H2,19,22). The van der Waals surface area contributed by atoms with Gasteiger partial charge in [0.2, 0.25) is 0 Å². The van der Waals surface area contributed by atoms with Crippen molar-refractivity contribution in [2.24, 2.45) is 5.73 Å². The average molecular weight is 335 g/mol. The van der Waals surface area contributed by atoms with Crippen LogP contribution < -0.4 is 10.5 Å². The van der Waals surface area contributed by atoms with Crippen molar-refractivity contribution >= 4 is 37.5 Å². The number of nitrogens with two attached hydrogens (primary N) is 1. The van der Waals surface area contributed by atoms with Gasteiger partial charge in [-0.15, -0.1) is 11.3 Å². The summed E-state index contributed by atoms with van der Waals surface area (Å²) in [7, 11) is 1.63. The number of hydrogen-bond acceptors (Lipinski definition) is 5. The molecular weight excluding hydrogens is 322 g/mol. The number of aromatic nitrogens is 2. The number of pyridine rings is 2. The molecule has 118 valence electrons. The zero-order valence-electron chi connectivity index (χ0n) is 12.8. The summed E-state index contributed by atoms with van der Waals surface area (Å²) >= 11 is 1.50. The van der Waals surface area contributed by atoms with Gasteiger partial charge >= 0.3 is 0 Å². The monoisotopic (exact) mass is 335 g/mol. The first-order valence-electron chi connectivity index (χ1n) is 7.29. The molecule has 0 atom stereocenters. The van der Waals surface area contributed by atoms with Crippen LogP contribution in [0.3, 0.4) is 0 Å². The average Bonchev–Trinajstić information content (AvgIpc) is 2.99. The van der Waals surface area contributed by atoms with Crippen LogP contribution in [0.1, 0.15) is 10.5 Å². The minimum absolute atomic E-state index is 0.257. The molecule has 4 rings (SSSR count). The predicted molar refractivity (Wildman–Crippen MR) is 95.4 cm³/mol. The number of carbonyl (C=O) groups is 1. The quantitative estimate of drug-likeness (QED) is 0.620. The number of primary amides is 1. The number of fused-ring (bicyclic) bond motifs is 3. The van der Waals surface area contributed by atoms with Crippen molar-refractivity contribution in [1.82, 2.24) is 9.97 Å². The van der Waals surface area contributed by atoms with E-state index in [1.807, 2.05) is 36.5 Å². The lowest BCUT2D eigenvalue weighted by atomic mass is 10.0. The van der Waals surface area contributed by atoms with E-state index >= 15 is 0 Å². The van der Waals surface area contributed by atoms with Gasteiger partial charge in [-0.3, -0.25) is 9.78 Å². The summed E-state index contributed by atoms with van der Waals surface area (Å²) in [6.45, 7) is 0. The fourth-order valence-electron chi connectivity index (χ4n) is 2.75. The lowest BCUT2D eigenvalue weighted by molar-refractivity contribution is 0.0996. The van der Waals surface area contributed by atoms with E-state index in [0.717, 1.165) is 37.2 Å². The van der Waals surface area contributed by atoms with Crippen molar-refractivity contribution in [3.05, 3.63) is 54.5 Å². The van der Waals surface area contributed by atoms with Crippen molar-refractivity contribution in [3.8, 4) is 16.9 Å². The highest BCUT2D eigenvalue weighted by molar-refractivity contribution is 7.25. The van der Waals surface area contributed by atoms with Gasteiger partial charge in [-0.25, -0.2) is 4.98 Å².